The number of fused-ring (bicyclic) bond motifs is 1. The minimum atomic E-state index is -0.702. The molecule has 0 saturated carbocycles. The van der Waals surface area contributed by atoms with Crippen LogP contribution in [-0.2, 0) is 11.4 Å². The Labute approximate surface area is 218 Å². The van der Waals surface area contributed by atoms with Gasteiger partial charge in [0.1, 0.15) is 12.4 Å². The van der Waals surface area contributed by atoms with Gasteiger partial charge in [0.2, 0.25) is 5.91 Å². The Hall–Kier alpha value is -3.49. The van der Waals surface area contributed by atoms with E-state index in [0.717, 1.165) is 41.8 Å². The Morgan fingerprint density at radius 3 is 2.49 bits per heavy atom. The number of amides is 2. The fourth-order valence-electron chi connectivity index (χ4n) is 5.06. The molecule has 1 aliphatic rings. The van der Waals surface area contributed by atoms with Crippen LogP contribution in [0.4, 0.5) is 0 Å². The highest BCUT2D eigenvalue weighted by Gasteiger charge is 2.38. The number of ether oxygens (including phenoxy) is 1. The van der Waals surface area contributed by atoms with Crippen molar-refractivity contribution >= 4 is 22.7 Å². The van der Waals surface area contributed by atoms with Crippen molar-refractivity contribution in [2.45, 2.75) is 52.2 Å². The van der Waals surface area contributed by atoms with E-state index in [9.17, 15) is 9.59 Å². The number of para-hydroxylation sites is 1. The van der Waals surface area contributed by atoms with Gasteiger partial charge >= 0.3 is 0 Å². The summed E-state index contributed by atoms with van der Waals surface area (Å²) in [5, 5.41) is 13.3. The summed E-state index contributed by atoms with van der Waals surface area (Å²) >= 11 is 0. The smallest absolute Gasteiger partial charge is 0.251 e. The largest absolute Gasteiger partial charge is 0.489 e. The molecule has 1 aromatic heterocycles. The van der Waals surface area contributed by atoms with Crippen molar-refractivity contribution in [3.63, 3.8) is 0 Å². The lowest BCUT2D eigenvalue weighted by atomic mass is 9.83. The average molecular weight is 505 g/mol. The lowest BCUT2D eigenvalue weighted by Crippen LogP contribution is -2.57. The Morgan fingerprint density at radius 1 is 1.11 bits per heavy atom. The van der Waals surface area contributed by atoms with E-state index in [1.165, 1.54) is 0 Å². The number of aromatic nitrogens is 1. The van der Waals surface area contributed by atoms with Crippen LogP contribution in [0, 0.1) is 12.8 Å². The van der Waals surface area contributed by atoms with Crippen LogP contribution < -0.4 is 15.5 Å². The first-order chi connectivity index (χ1) is 17.8. The third-order valence-electron chi connectivity index (χ3n) is 6.88. The van der Waals surface area contributed by atoms with Gasteiger partial charge in [-0.05, 0) is 62.1 Å². The quantitative estimate of drug-likeness (QED) is 0.298. The SMILES string of the molecule is Cc1cc(COc2ccc(C(=O)NC3(CC(=O)NO)CCN(CC(C)C)CC3)cc2)c2ccccc2n1. The van der Waals surface area contributed by atoms with Gasteiger partial charge in [-0.25, -0.2) is 5.48 Å². The number of nitrogens with one attached hydrogen (secondary N) is 2. The van der Waals surface area contributed by atoms with Gasteiger partial charge in [-0.3, -0.25) is 19.8 Å². The summed E-state index contributed by atoms with van der Waals surface area (Å²) in [6.07, 6.45) is 1.31. The van der Waals surface area contributed by atoms with Gasteiger partial charge in [-0.1, -0.05) is 32.0 Å². The number of aryl methyl sites for hydroxylation is 1. The lowest BCUT2D eigenvalue weighted by Gasteiger charge is -2.42. The van der Waals surface area contributed by atoms with Crippen molar-refractivity contribution in [1.29, 1.82) is 0 Å². The molecule has 2 heterocycles. The zero-order chi connectivity index (χ0) is 26.4. The van der Waals surface area contributed by atoms with Gasteiger partial charge in [0.15, 0.2) is 0 Å². The van der Waals surface area contributed by atoms with E-state index in [0.29, 0.717) is 36.7 Å². The van der Waals surface area contributed by atoms with Crippen LogP contribution in [0.3, 0.4) is 0 Å². The van der Waals surface area contributed by atoms with Crippen molar-refractivity contribution in [2.75, 3.05) is 19.6 Å². The molecule has 3 N–H and O–H groups in total. The molecule has 0 aliphatic carbocycles. The second-order valence-corrected chi connectivity index (χ2v) is 10.4. The summed E-state index contributed by atoms with van der Waals surface area (Å²) in [5.74, 6) is 0.460. The molecule has 37 heavy (non-hydrogen) atoms. The molecular formula is C29H36N4O4. The highest BCUT2D eigenvalue weighted by Crippen LogP contribution is 2.28. The first kappa shape index (κ1) is 26.6. The van der Waals surface area contributed by atoms with Crippen molar-refractivity contribution in [3.05, 3.63) is 71.4 Å². The number of hydrogen-bond acceptors (Lipinski definition) is 6. The van der Waals surface area contributed by atoms with Crippen LogP contribution >= 0.6 is 0 Å². The summed E-state index contributed by atoms with van der Waals surface area (Å²) in [6, 6.07) is 17.0. The number of carbonyl (C=O) groups is 2. The molecule has 3 aromatic rings. The van der Waals surface area contributed by atoms with Crippen LogP contribution in [0.1, 0.15) is 54.7 Å². The number of likely N-dealkylation sites (tertiary alicyclic amines) is 1. The number of rotatable bonds is 9. The fourth-order valence-corrected chi connectivity index (χ4v) is 5.06. The highest BCUT2D eigenvalue weighted by atomic mass is 16.5. The monoisotopic (exact) mass is 504 g/mol. The van der Waals surface area contributed by atoms with E-state index >= 15 is 0 Å². The maximum Gasteiger partial charge on any atom is 0.251 e. The molecule has 0 bridgehead atoms. The molecule has 4 rings (SSSR count). The number of benzene rings is 2. The van der Waals surface area contributed by atoms with Crippen LogP contribution in [-0.4, -0.2) is 52.1 Å². The second-order valence-electron chi connectivity index (χ2n) is 10.4. The summed E-state index contributed by atoms with van der Waals surface area (Å²) in [7, 11) is 0. The number of nitrogens with zero attached hydrogens (tertiary/aromatic N) is 2. The summed E-state index contributed by atoms with van der Waals surface area (Å²) < 4.78 is 6.02. The maximum atomic E-state index is 13.2. The number of carbonyl (C=O) groups excluding carboxylic acids is 2. The first-order valence-electron chi connectivity index (χ1n) is 12.8. The molecule has 196 valence electrons. The third-order valence-corrected chi connectivity index (χ3v) is 6.88. The Balaban J connectivity index is 1.41. The normalized spacial score (nSPS) is 15.5. The van der Waals surface area contributed by atoms with Gasteiger partial charge in [0.25, 0.3) is 5.91 Å². The maximum absolute atomic E-state index is 13.2. The van der Waals surface area contributed by atoms with E-state index in [1.807, 2.05) is 37.3 Å². The van der Waals surface area contributed by atoms with Gasteiger partial charge in [-0.15, -0.1) is 0 Å². The summed E-state index contributed by atoms with van der Waals surface area (Å²) in [4.78, 5) is 32.1. The molecule has 8 nitrogen and oxygen atoms in total. The van der Waals surface area contributed by atoms with Gasteiger partial charge < -0.3 is 15.0 Å². The molecule has 2 aromatic carbocycles. The molecule has 0 radical (unpaired) electrons. The Bertz CT molecular complexity index is 1230. The summed E-state index contributed by atoms with van der Waals surface area (Å²) in [5.41, 5.74) is 4.43. The number of hydroxylamine groups is 1. The Kier molecular flexibility index (Phi) is 8.41. The van der Waals surface area contributed by atoms with Crippen molar-refractivity contribution in [3.8, 4) is 5.75 Å². The molecule has 8 heteroatoms. The molecule has 0 atom stereocenters. The predicted octanol–water partition coefficient (Wildman–Crippen LogP) is 4.24. The van der Waals surface area contributed by atoms with Crippen LogP contribution in [0.2, 0.25) is 0 Å². The van der Waals surface area contributed by atoms with Crippen LogP contribution in [0.15, 0.2) is 54.6 Å². The zero-order valence-corrected chi connectivity index (χ0v) is 21.8. The van der Waals surface area contributed by atoms with Gasteiger partial charge in [0, 0.05) is 41.8 Å². The van der Waals surface area contributed by atoms with Gasteiger partial charge in [-0.2, -0.15) is 0 Å². The third kappa shape index (κ3) is 6.84. The van der Waals surface area contributed by atoms with E-state index in [2.05, 4.69) is 29.0 Å². The number of piperidine rings is 1. The molecule has 1 saturated heterocycles. The highest BCUT2D eigenvalue weighted by molar-refractivity contribution is 5.95. The minimum absolute atomic E-state index is 0.0330. The van der Waals surface area contributed by atoms with Crippen molar-refractivity contribution in [2.24, 2.45) is 5.92 Å². The lowest BCUT2D eigenvalue weighted by molar-refractivity contribution is -0.131. The predicted molar refractivity (Wildman–Crippen MR) is 143 cm³/mol. The zero-order valence-electron chi connectivity index (χ0n) is 21.8. The second kappa shape index (κ2) is 11.7. The number of hydrogen-bond donors (Lipinski definition) is 3. The average Bonchev–Trinajstić information content (AvgIpc) is 2.88. The first-order valence-corrected chi connectivity index (χ1v) is 12.8. The van der Waals surface area contributed by atoms with Crippen molar-refractivity contribution < 1.29 is 19.5 Å². The molecular weight excluding hydrogens is 468 g/mol. The van der Waals surface area contributed by atoms with Crippen LogP contribution in [0.25, 0.3) is 10.9 Å². The van der Waals surface area contributed by atoms with E-state index in [-0.39, 0.29) is 12.3 Å². The molecule has 2 amide bonds. The fraction of sp³-hybridized carbons (Fsp3) is 0.414. The topological polar surface area (TPSA) is 104 Å². The minimum Gasteiger partial charge on any atom is -0.489 e. The molecule has 0 spiro atoms. The number of pyridine rings is 1. The van der Waals surface area contributed by atoms with E-state index in [4.69, 9.17) is 9.94 Å². The molecule has 1 aliphatic heterocycles. The van der Waals surface area contributed by atoms with E-state index < -0.39 is 11.4 Å². The van der Waals surface area contributed by atoms with Crippen molar-refractivity contribution in [1.82, 2.24) is 20.7 Å². The van der Waals surface area contributed by atoms with Crippen LogP contribution in [0.5, 0.6) is 5.75 Å². The molecule has 1 fully saturated rings. The van der Waals surface area contributed by atoms with E-state index in [1.54, 1.807) is 29.7 Å². The standard InChI is InChI=1S/C29H36N4O4/c1-20(2)18-33-14-12-29(13-15-33,17-27(34)32-36)31-28(35)22-8-10-24(11-9-22)37-19-23-16-21(3)30-26-7-5-4-6-25(23)26/h4-11,16,20,36H,12-15,17-19H2,1-3H3,(H,31,35)(H,32,34). The Morgan fingerprint density at radius 2 is 1.81 bits per heavy atom. The van der Waals surface area contributed by atoms with Gasteiger partial charge in [0.05, 0.1) is 17.5 Å². The molecule has 0 unspecified atom stereocenters. The summed E-state index contributed by atoms with van der Waals surface area (Å²) in [6.45, 7) is 9.26.